The van der Waals surface area contributed by atoms with Crippen LogP contribution in [0.4, 0.5) is 0 Å². The fourth-order valence-electron chi connectivity index (χ4n) is 3.48. The number of hydrogen-bond donors (Lipinski definition) is 1. The average molecular weight is 289 g/mol. The summed E-state index contributed by atoms with van der Waals surface area (Å²) in [6, 6.07) is 4.60. The van der Waals surface area contributed by atoms with Crippen molar-refractivity contribution in [1.29, 1.82) is 0 Å². The smallest absolute Gasteiger partial charge is 0.125 e. The van der Waals surface area contributed by atoms with Crippen LogP contribution < -0.4 is 10.1 Å². The molecule has 1 fully saturated rings. The number of hydrogen-bond acceptors (Lipinski definition) is 2. The minimum absolute atomic E-state index is 0.507. The molecular formula is C19H31NO. The molecule has 1 aliphatic heterocycles. The Morgan fingerprint density at radius 2 is 1.62 bits per heavy atom. The van der Waals surface area contributed by atoms with Crippen molar-refractivity contribution < 1.29 is 4.74 Å². The zero-order valence-electron chi connectivity index (χ0n) is 14.3. The van der Waals surface area contributed by atoms with E-state index in [1.807, 2.05) is 7.11 Å². The molecule has 0 spiro atoms. The van der Waals surface area contributed by atoms with E-state index in [1.165, 1.54) is 36.0 Å². The van der Waals surface area contributed by atoms with Crippen LogP contribution in [0, 0.1) is 5.92 Å². The SMILES string of the molecule is COc1c(C(C)C)ccc(C(C)C)c1CC1CCNCC1. The number of benzene rings is 1. The van der Waals surface area contributed by atoms with Gasteiger partial charge in [-0.3, -0.25) is 0 Å². The van der Waals surface area contributed by atoms with Gasteiger partial charge in [0.1, 0.15) is 5.75 Å². The second-order valence-corrected chi connectivity index (χ2v) is 6.96. The first kappa shape index (κ1) is 16.4. The third-order valence-corrected chi connectivity index (χ3v) is 4.73. The summed E-state index contributed by atoms with van der Waals surface area (Å²) in [5, 5.41) is 3.46. The normalized spacial score (nSPS) is 16.7. The van der Waals surface area contributed by atoms with E-state index in [0.29, 0.717) is 11.8 Å². The highest BCUT2D eigenvalue weighted by Crippen LogP contribution is 2.37. The van der Waals surface area contributed by atoms with E-state index in [4.69, 9.17) is 4.74 Å². The van der Waals surface area contributed by atoms with Gasteiger partial charge in [0.2, 0.25) is 0 Å². The Morgan fingerprint density at radius 1 is 1.05 bits per heavy atom. The average Bonchev–Trinajstić information content (AvgIpc) is 2.47. The molecule has 1 saturated heterocycles. The van der Waals surface area contributed by atoms with E-state index in [9.17, 15) is 0 Å². The molecule has 1 heterocycles. The predicted molar refractivity (Wildman–Crippen MR) is 90.5 cm³/mol. The minimum atomic E-state index is 0.507. The lowest BCUT2D eigenvalue weighted by atomic mass is 9.83. The van der Waals surface area contributed by atoms with E-state index >= 15 is 0 Å². The van der Waals surface area contributed by atoms with Crippen LogP contribution in [0.1, 0.15) is 69.1 Å². The van der Waals surface area contributed by atoms with Crippen LogP contribution in [-0.4, -0.2) is 20.2 Å². The van der Waals surface area contributed by atoms with Gasteiger partial charge in [0.25, 0.3) is 0 Å². The third kappa shape index (κ3) is 3.79. The first-order chi connectivity index (χ1) is 10.0. The van der Waals surface area contributed by atoms with E-state index in [-0.39, 0.29) is 0 Å². The van der Waals surface area contributed by atoms with Crippen LogP contribution in [0.25, 0.3) is 0 Å². The molecule has 0 bridgehead atoms. The highest BCUT2D eigenvalue weighted by Gasteiger charge is 2.22. The monoisotopic (exact) mass is 289 g/mol. The van der Waals surface area contributed by atoms with Crippen LogP contribution in [-0.2, 0) is 6.42 Å². The fraction of sp³-hybridized carbons (Fsp3) is 0.684. The first-order valence-electron chi connectivity index (χ1n) is 8.45. The summed E-state index contributed by atoms with van der Waals surface area (Å²) in [5.74, 6) is 3.00. The van der Waals surface area contributed by atoms with Gasteiger partial charge in [0, 0.05) is 0 Å². The molecular weight excluding hydrogens is 258 g/mol. The molecule has 1 aromatic carbocycles. The molecule has 2 heteroatoms. The Kier molecular flexibility index (Phi) is 5.69. The Hall–Kier alpha value is -1.02. The first-order valence-corrected chi connectivity index (χ1v) is 8.45. The Morgan fingerprint density at radius 3 is 2.14 bits per heavy atom. The Bertz CT molecular complexity index is 459. The van der Waals surface area contributed by atoms with Gasteiger partial charge >= 0.3 is 0 Å². The van der Waals surface area contributed by atoms with Crippen molar-refractivity contribution in [3.05, 3.63) is 28.8 Å². The molecule has 21 heavy (non-hydrogen) atoms. The number of rotatable bonds is 5. The molecule has 0 unspecified atom stereocenters. The zero-order chi connectivity index (χ0) is 15.4. The number of piperidine rings is 1. The number of ether oxygens (including phenoxy) is 1. The highest BCUT2D eigenvalue weighted by molar-refractivity contribution is 5.49. The van der Waals surface area contributed by atoms with Crippen molar-refractivity contribution in [2.24, 2.45) is 5.92 Å². The summed E-state index contributed by atoms with van der Waals surface area (Å²) >= 11 is 0. The number of nitrogens with one attached hydrogen (secondary N) is 1. The maximum atomic E-state index is 5.85. The van der Waals surface area contributed by atoms with Gasteiger partial charge in [-0.2, -0.15) is 0 Å². The quantitative estimate of drug-likeness (QED) is 0.862. The van der Waals surface area contributed by atoms with Crippen LogP contribution in [0.5, 0.6) is 5.75 Å². The van der Waals surface area contributed by atoms with Gasteiger partial charge in [-0.1, -0.05) is 39.8 Å². The van der Waals surface area contributed by atoms with Gasteiger partial charge in [-0.05, 0) is 66.8 Å². The van der Waals surface area contributed by atoms with Crippen molar-refractivity contribution >= 4 is 0 Å². The van der Waals surface area contributed by atoms with Crippen molar-refractivity contribution in [1.82, 2.24) is 5.32 Å². The fourth-order valence-corrected chi connectivity index (χ4v) is 3.48. The van der Waals surface area contributed by atoms with Crippen molar-refractivity contribution in [3.8, 4) is 5.75 Å². The van der Waals surface area contributed by atoms with Gasteiger partial charge < -0.3 is 10.1 Å². The molecule has 0 saturated carbocycles. The van der Waals surface area contributed by atoms with E-state index in [2.05, 4.69) is 45.1 Å². The lowest BCUT2D eigenvalue weighted by molar-refractivity contribution is 0.357. The Labute approximate surface area is 130 Å². The highest BCUT2D eigenvalue weighted by atomic mass is 16.5. The molecule has 118 valence electrons. The molecule has 2 nitrogen and oxygen atoms in total. The van der Waals surface area contributed by atoms with Crippen LogP contribution in [0.15, 0.2) is 12.1 Å². The molecule has 1 aromatic rings. The summed E-state index contributed by atoms with van der Waals surface area (Å²) in [7, 11) is 1.83. The summed E-state index contributed by atoms with van der Waals surface area (Å²) in [4.78, 5) is 0. The molecule has 1 aliphatic rings. The van der Waals surface area contributed by atoms with Gasteiger partial charge in [-0.15, -0.1) is 0 Å². The second-order valence-electron chi connectivity index (χ2n) is 6.96. The maximum absolute atomic E-state index is 5.85. The zero-order valence-corrected chi connectivity index (χ0v) is 14.3. The Balaban J connectivity index is 2.39. The van der Waals surface area contributed by atoms with Gasteiger partial charge in [0.05, 0.1) is 7.11 Å². The lowest BCUT2D eigenvalue weighted by Gasteiger charge is -2.27. The van der Waals surface area contributed by atoms with Crippen molar-refractivity contribution in [2.75, 3.05) is 20.2 Å². The molecule has 0 amide bonds. The summed E-state index contributed by atoms with van der Waals surface area (Å²) in [6.45, 7) is 11.4. The largest absolute Gasteiger partial charge is 0.496 e. The molecule has 1 N–H and O–H groups in total. The van der Waals surface area contributed by atoms with Crippen LogP contribution in [0.2, 0.25) is 0 Å². The summed E-state index contributed by atoms with van der Waals surface area (Å²) in [5.41, 5.74) is 4.28. The van der Waals surface area contributed by atoms with Crippen LogP contribution in [0.3, 0.4) is 0 Å². The van der Waals surface area contributed by atoms with E-state index < -0.39 is 0 Å². The number of methoxy groups -OCH3 is 1. The van der Waals surface area contributed by atoms with E-state index in [1.54, 1.807) is 0 Å². The van der Waals surface area contributed by atoms with Crippen molar-refractivity contribution in [2.45, 2.75) is 58.8 Å². The van der Waals surface area contributed by atoms with Crippen LogP contribution >= 0.6 is 0 Å². The lowest BCUT2D eigenvalue weighted by Crippen LogP contribution is -2.29. The second kappa shape index (κ2) is 7.31. The molecule has 0 radical (unpaired) electrons. The minimum Gasteiger partial charge on any atom is -0.496 e. The molecule has 2 rings (SSSR count). The molecule has 0 aromatic heterocycles. The van der Waals surface area contributed by atoms with Gasteiger partial charge in [-0.25, -0.2) is 0 Å². The molecule has 0 aliphatic carbocycles. The van der Waals surface area contributed by atoms with Crippen molar-refractivity contribution in [3.63, 3.8) is 0 Å². The maximum Gasteiger partial charge on any atom is 0.125 e. The predicted octanol–water partition coefficient (Wildman–Crippen LogP) is 4.48. The summed E-state index contributed by atoms with van der Waals surface area (Å²) < 4.78 is 5.85. The van der Waals surface area contributed by atoms with Gasteiger partial charge in [0.15, 0.2) is 0 Å². The topological polar surface area (TPSA) is 21.3 Å². The summed E-state index contributed by atoms with van der Waals surface area (Å²) in [6.07, 6.45) is 3.73. The van der Waals surface area contributed by atoms with E-state index in [0.717, 1.165) is 24.8 Å². The molecule has 0 atom stereocenters. The third-order valence-electron chi connectivity index (χ3n) is 4.73. The standard InChI is InChI=1S/C19H31NO/c1-13(2)16-6-7-17(14(3)4)19(21-5)18(16)12-15-8-10-20-11-9-15/h6-7,13-15,20H,8-12H2,1-5H3.